The summed E-state index contributed by atoms with van der Waals surface area (Å²) >= 11 is 0. The second kappa shape index (κ2) is 4.23. The fraction of sp³-hybridized carbons (Fsp3) is 0.333. The molecule has 1 aromatic carbocycles. The molecule has 0 radical (unpaired) electrons. The quantitative estimate of drug-likeness (QED) is 0.803. The minimum atomic E-state index is -0.711. The van der Waals surface area contributed by atoms with Gasteiger partial charge in [0.2, 0.25) is 0 Å². The third-order valence-electron chi connectivity index (χ3n) is 2.80. The number of nitrogens with zero attached hydrogens (tertiary/aromatic N) is 1. The number of benzene rings is 1. The Morgan fingerprint density at radius 1 is 1.62 bits per heavy atom. The SMILES string of the molecule is N#Cc1cccc(NCC2CC2C(=O)O)c1. The predicted octanol–water partition coefficient (Wildman–Crippen LogP) is 1.69. The largest absolute Gasteiger partial charge is 0.481 e. The summed E-state index contributed by atoms with van der Waals surface area (Å²) in [5.74, 6) is -0.674. The minimum absolute atomic E-state index is 0.188. The maximum atomic E-state index is 10.6. The first-order valence-corrected chi connectivity index (χ1v) is 5.17. The van der Waals surface area contributed by atoms with Gasteiger partial charge in [-0.25, -0.2) is 0 Å². The van der Waals surface area contributed by atoms with Crippen molar-refractivity contribution in [3.05, 3.63) is 29.8 Å². The van der Waals surface area contributed by atoms with Crippen LogP contribution in [0.2, 0.25) is 0 Å². The van der Waals surface area contributed by atoms with Crippen molar-refractivity contribution >= 4 is 11.7 Å². The topological polar surface area (TPSA) is 73.1 Å². The average molecular weight is 216 g/mol. The normalized spacial score (nSPS) is 22.2. The van der Waals surface area contributed by atoms with Crippen molar-refractivity contribution in [2.24, 2.45) is 11.8 Å². The Balaban J connectivity index is 1.87. The van der Waals surface area contributed by atoms with Crippen molar-refractivity contribution in [2.45, 2.75) is 6.42 Å². The molecule has 4 nitrogen and oxygen atoms in total. The van der Waals surface area contributed by atoms with E-state index in [1.54, 1.807) is 12.1 Å². The minimum Gasteiger partial charge on any atom is -0.481 e. The van der Waals surface area contributed by atoms with E-state index in [-0.39, 0.29) is 11.8 Å². The lowest BCUT2D eigenvalue weighted by molar-refractivity contribution is -0.138. The zero-order valence-corrected chi connectivity index (χ0v) is 8.68. The molecule has 4 heteroatoms. The predicted molar refractivity (Wildman–Crippen MR) is 58.9 cm³/mol. The summed E-state index contributed by atoms with van der Waals surface area (Å²) in [5.41, 5.74) is 1.48. The molecule has 0 heterocycles. The van der Waals surface area contributed by atoms with E-state index in [4.69, 9.17) is 10.4 Å². The van der Waals surface area contributed by atoms with E-state index < -0.39 is 5.97 Å². The van der Waals surface area contributed by atoms with Gasteiger partial charge in [-0.1, -0.05) is 6.07 Å². The molecule has 2 N–H and O–H groups in total. The van der Waals surface area contributed by atoms with E-state index in [0.717, 1.165) is 12.1 Å². The highest BCUT2D eigenvalue weighted by atomic mass is 16.4. The van der Waals surface area contributed by atoms with Crippen LogP contribution in [0.25, 0.3) is 0 Å². The van der Waals surface area contributed by atoms with Crippen LogP contribution < -0.4 is 5.32 Å². The standard InChI is InChI=1S/C12H12N2O2/c13-6-8-2-1-3-10(4-8)14-7-9-5-11(9)12(15)16/h1-4,9,11,14H,5,7H2,(H,15,16). The lowest BCUT2D eigenvalue weighted by atomic mass is 10.2. The van der Waals surface area contributed by atoms with Gasteiger partial charge in [0.15, 0.2) is 0 Å². The Labute approximate surface area is 93.5 Å². The summed E-state index contributed by atoms with van der Waals surface area (Å²) in [6, 6.07) is 9.25. The highest BCUT2D eigenvalue weighted by Gasteiger charge is 2.42. The third-order valence-corrected chi connectivity index (χ3v) is 2.80. The highest BCUT2D eigenvalue weighted by molar-refractivity contribution is 5.73. The van der Waals surface area contributed by atoms with Crippen LogP contribution in [0.3, 0.4) is 0 Å². The summed E-state index contributed by atoms with van der Waals surface area (Å²) in [5, 5.41) is 20.6. The molecule has 1 aromatic rings. The molecule has 0 amide bonds. The first kappa shape index (κ1) is 10.5. The number of carboxylic acids is 1. The number of rotatable bonds is 4. The van der Waals surface area contributed by atoms with E-state index in [1.165, 1.54) is 0 Å². The first-order chi connectivity index (χ1) is 7.70. The molecular weight excluding hydrogens is 204 g/mol. The second-order valence-corrected chi connectivity index (χ2v) is 4.01. The van der Waals surface area contributed by atoms with E-state index in [0.29, 0.717) is 12.1 Å². The fourth-order valence-electron chi connectivity index (χ4n) is 1.72. The lowest BCUT2D eigenvalue weighted by Crippen LogP contribution is -2.08. The van der Waals surface area contributed by atoms with Crippen molar-refractivity contribution in [3.8, 4) is 6.07 Å². The molecule has 0 aromatic heterocycles. The van der Waals surface area contributed by atoms with Gasteiger partial charge in [0.1, 0.15) is 0 Å². The zero-order chi connectivity index (χ0) is 11.5. The molecule has 0 bridgehead atoms. The highest BCUT2D eigenvalue weighted by Crippen LogP contribution is 2.38. The number of anilines is 1. The smallest absolute Gasteiger partial charge is 0.306 e. The van der Waals surface area contributed by atoms with E-state index in [1.807, 2.05) is 12.1 Å². The Morgan fingerprint density at radius 2 is 2.44 bits per heavy atom. The average Bonchev–Trinajstić information content (AvgIpc) is 3.06. The number of carboxylic acid groups (broad SMARTS) is 1. The molecule has 1 saturated carbocycles. The van der Waals surface area contributed by atoms with Gasteiger partial charge in [-0.3, -0.25) is 4.79 Å². The molecule has 1 aliphatic carbocycles. The van der Waals surface area contributed by atoms with Gasteiger partial charge >= 0.3 is 5.97 Å². The molecule has 0 aliphatic heterocycles. The van der Waals surface area contributed by atoms with Crippen LogP contribution in [0.15, 0.2) is 24.3 Å². The van der Waals surface area contributed by atoms with Gasteiger partial charge in [-0.2, -0.15) is 5.26 Å². The van der Waals surface area contributed by atoms with Crippen molar-refractivity contribution in [2.75, 3.05) is 11.9 Å². The summed E-state index contributed by atoms with van der Waals surface area (Å²) in [6.07, 6.45) is 0.750. The van der Waals surface area contributed by atoms with Gasteiger partial charge in [0, 0.05) is 12.2 Å². The van der Waals surface area contributed by atoms with E-state index >= 15 is 0 Å². The van der Waals surface area contributed by atoms with Crippen molar-refractivity contribution in [3.63, 3.8) is 0 Å². The fourth-order valence-corrected chi connectivity index (χ4v) is 1.72. The van der Waals surface area contributed by atoms with Crippen LogP contribution in [0.1, 0.15) is 12.0 Å². The number of carbonyl (C=O) groups is 1. The second-order valence-electron chi connectivity index (χ2n) is 4.01. The van der Waals surface area contributed by atoms with Crippen LogP contribution in [-0.2, 0) is 4.79 Å². The van der Waals surface area contributed by atoms with Gasteiger partial charge in [-0.05, 0) is 30.5 Å². The van der Waals surface area contributed by atoms with E-state index in [2.05, 4.69) is 11.4 Å². The van der Waals surface area contributed by atoms with Crippen molar-refractivity contribution in [1.29, 1.82) is 5.26 Å². The number of hydrogen-bond acceptors (Lipinski definition) is 3. The van der Waals surface area contributed by atoms with Crippen LogP contribution in [0.4, 0.5) is 5.69 Å². The van der Waals surface area contributed by atoms with Crippen molar-refractivity contribution < 1.29 is 9.90 Å². The molecule has 82 valence electrons. The molecule has 1 aliphatic rings. The van der Waals surface area contributed by atoms with Gasteiger partial charge in [0.25, 0.3) is 0 Å². The van der Waals surface area contributed by atoms with Crippen LogP contribution in [0.5, 0.6) is 0 Å². The molecule has 2 rings (SSSR count). The molecule has 16 heavy (non-hydrogen) atoms. The molecular formula is C12H12N2O2. The van der Waals surface area contributed by atoms with Crippen LogP contribution in [0, 0.1) is 23.2 Å². The summed E-state index contributed by atoms with van der Waals surface area (Å²) in [6.45, 7) is 0.659. The molecule has 1 fully saturated rings. The number of hydrogen-bond donors (Lipinski definition) is 2. The zero-order valence-electron chi connectivity index (χ0n) is 8.68. The number of aliphatic carboxylic acids is 1. The summed E-state index contributed by atoms with van der Waals surface area (Å²) in [7, 11) is 0. The monoisotopic (exact) mass is 216 g/mol. The number of nitriles is 1. The third kappa shape index (κ3) is 2.31. The molecule has 2 unspecified atom stereocenters. The summed E-state index contributed by atoms with van der Waals surface area (Å²) < 4.78 is 0. The van der Waals surface area contributed by atoms with Crippen molar-refractivity contribution in [1.82, 2.24) is 0 Å². The van der Waals surface area contributed by atoms with Gasteiger partial charge in [-0.15, -0.1) is 0 Å². The summed E-state index contributed by atoms with van der Waals surface area (Å²) in [4.78, 5) is 10.6. The van der Waals surface area contributed by atoms with Crippen LogP contribution in [-0.4, -0.2) is 17.6 Å². The molecule has 0 saturated heterocycles. The maximum absolute atomic E-state index is 10.6. The lowest BCUT2D eigenvalue weighted by Gasteiger charge is -2.05. The Hall–Kier alpha value is -2.02. The van der Waals surface area contributed by atoms with Gasteiger partial charge in [0.05, 0.1) is 17.6 Å². The van der Waals surface area contributed by atoms with Crippen LogP contribution >= 0.6 is 0 Å². The Kier molecular flexibility index (Phi) is 2.78. The molecule has 0 spiro atoms. The van der Waals surface area contributed by atoms with E-state index in [9.17, 15) is 4.79 Å². The first-order valence-electron chi connectivity index (χ1n) is 5.17. The molecule has 2 atom stereocenters. The Bertz CT molecular complexity index is 451. The number of nitrogens with one attached hydrogen (secondary N) is 1. The maximum Gasteiger partial charge on any atom is 0.306 e. The Morgan fingerprint density at radius 3 is 3.06 bits per heavy atom. The van der Waals surface area contributed by atoms with Gasteiger partial charge < -0.3 is 10.4 Å².